The molecule has 4 rings (SSSR count). The number of carbonyl (C=O) groups excluding carboxylic acids is 4. The number of fused-ring (bicyclic) bond motifs is 1. The van der Waals surface area contributed by atoms with Crippen LogP contribution in [0.5, 0.6) is 0 Å². The van der Waals surface area contributed by atoms with E-state index in [-0.39, 0.29) is 31.5 Å². The van der Waals surface area contributed by atoms with Gasteiger partial charge >= 0.3 is 12.1 Å². The van der Waals surface area contributed by atoms with Crippen molar-refractivity contribution in [1.82, 2.24) is 25.6 Å². The number of hydrazine groups is 1. The van der Waals surface area contributed by atoms with E-state index in [2.05, 4.69) is 15.7 Å². The average Bonchev–Trinajstić information content (AvgIpc) is 3.09. The van der Waals surface area contributed by atoms with E-state index in [9.17, 15) is 34.2 Å². The molecule has 2 fully saturated rings. The maximum Gasteiger partial charge on any atom is 0.410 e. The second-order valence-corrected chi connectivity index (χ2v) is 14.0. The second-order valence-electron chi connectivity index (χ2n) is 14.0. The van der Waals surface area contributed by atoms with E-state index in [4.69, 9.17) is 15.2 Å². The van der Waals surface area contributed by atoms with Crippen molar-refractivity contribution >= 4 is 46.8 Å². The molecule has 1 aromatic carbocycles. The summed E-state index contributed by atoms with van der Waals surface area (Å²) in [5, 5.41) is 24.3. The Morgan fingerprint density at radius 3 is 2.45 bits per heavy atom. The number of nitrogens with two attached hydrogens (primary N) is 1. The predicted molar refractivity (Wildman–Crippen MR) is 190 cm³/mol. The highest BCUT2D eigenvalue weighted by atomic mass is 16.6. The molecule has 15 heteroatoms. The number of carbonyl (C=O) groups is 5. The Balaban J connectivity index is 0.000000295. The number of morpholine rings is 1. The maximum atomic E-state index is 12.4. The lowest BCUT2D eigenvalue weighted by atomic mass is 9.99. The SMILES string of the molecule is CC(NC(=O)C(O)C(C)C)C(=O)N1CCCC(C(N)=O)N1.CCc1ccc2ccc(/C=C/C3(C(=O)O)CN(C(=O)OC(C)(C)C)CCO3)cc2n1. The number of pyridine rings is 1. The zero-order valence-electron chi connectivity index (χ0n) is 30.5. The minimum atomic E-state index is -1.64. The Labute approximate surface area is 298 Å². The van der Waals surface area contributed by atoms with Crippen molar-refractivity contribution in [3.05, 3.63) is 47.7 Å². The molecular weight excluding hydrogens is 660 g/mol. The Morgan fingerprint density at radius 1 is 1.16 bits per heavy atom. The van der Waals surface area contributed by atoms with Gasteiger partial charge in [-0.05, 0) is 76.6 Å². The molecule has 4 atom stereocenters. The van der Waals surface area contributed by atoms with Crippen LogP contribution in [0.15, 0.2) is 36.4 Å². The number of primary amides is 1. The number of aliphatic hydroxyl groups is 1. The van der Waals surface area contributed by atoms with E-state index in [0.29, 0.717) is 19.4 Å². The van der Waals surface area contributed by atoms with E-state index in [1.165, 1.54) is 22.9 Å². The number of hydrogen-bond acceptors (Lipinski definition) is 10. The molecule has 15 nitrogen and oxygen atoms in total. The normalized spacial score (nSPS) is 20.7. The van der Waals surface area contributed by atoms with Crippen molar-refractivity contribution in [2.75, 3.05) is 26.2 Å². The summed E-state index contributed by atoms with van der Waals surface area (Å²) in [4.78, 5) is 65.6. The van der Waals surface area contributed by atoms with Crippen molar-refractivity contribution in [3.8, 4) is 0 Å². The number of aromatic nitrogens is 1. The number of aliphatic carboxylic acids is 1. The summed E-state index contributed by atoms with van der Waals surface area (Å²) in [7, 11) is 0. The first kappa shape index (κ1) is 40.8. The average molecular weight is 713 g/mol. The van der Waals surface area contributed by atoms with Crippen molar-refractivity contribution in [2.45, 2.75) is 97.1 Å². The first-order valence-electron chi connectivity index (χ1n) is 17.1. The minimum absolute atomic E-state index is 0.106. The van der Waals surface area contributed by atoms with E-state index >= 15 is 0 Å². The van der Waals surface area contributed by atoms with Gasteiger partial charge in [0, 0.05) is 24.2 Å². The van der Waals surface area contributed by atoms with E-state index < -0.39 is 53.3 Å². The molecule has 0 spiro atoms. The fraction of sp³-hybridized carbons (Fsp3) is 0.556. The molecule has 3 heterocycles. The minimum Gasteiger partial charge on any atom is -0.479 e. The van der Waals surface area contributed by atoms with Crippen LogP contribution in [-0.2, 0) is 35.1 Å². The number of nitrogens with zero attached hydrogens (tertiary/aromatic N) is 3. The Kier molecular flexibility index (Phi) is 14.1. The fourth-order valence-corrected chi connectivity index (χ4v) is 5.29. The van der Waals surface area contributed by atoms with Crippen LogP contribution < -0.4 is 16.5 Å². The van der Waals surface area contributed by atoms with Gasteiger partial charge in [0.1, 0.15) is 23.8 Å². The molecule has 4 amide bonds. The number of nitrogens with one attached hydrogen (secondary N) is 2. The number of carboxylic acids is 1. The summed E-state index contributed by atoms with van der Waals surface area (Å²) in [6, 6.07) is 8.40. The summed E-state index contributed by atoms with van der Waals surface area (Å²) in [5.74, 6) is -2.86. The monoisotopic (exact) mass is 712 g/mol. The van der Waals surface area contributed by atoms with Gasteiger partial charge in [-0.25, -0.2) is 15.0 Å². The van der Waals surface area contributed by atoms with Crippen LogP contribution in [0.2, 0.25) is 0 Å². The fourth-order valence-electron chi connectivity index (χ4n) is 5.29. The van der Waals surface area contributed by atoms with Gasteiger partial charge in [0.15, 0.2) is 0 Å². The van der Waals surface area contributed by atoms with Crippen molar-refractivity contribution in [3.63, 3.8) is 0 Å². The Hall–Kier alpha value is -4.60. The van der Waals surface area contributed by atoms with Crippen LogP contribution in [0.4, 0.5) is 4.79 Å². The van der Waals surface area contributed by atoms with Crippen LogP contribution in [-0.4, -0.2) is 111 Å². The van der Waals surface area contributed by atoms with Crippen LogP contribution in [0.25, 0.3) is 17.0 Å². The van der Waals surface area contributed by atoms with Gasteiger partial charge in [-0.15, -0.1) is 0 Å². The van der Waals surface area contributed by atoms with Gasteiger partial charge in [0.2, 0.25) is 17.4 Å². The molecule has 0 saturated carbocycles. The number of rotatable bonds is 9. The molecule has 280 valence electrons. The molecule has 51 heavy (non-hydrogen) atoms. The summed E-state index contributed by atoms with van der Waals surface area (Å²) < 4.78 is 11.0. The number of hydrogen-bond donors (Lipinski definition) is 5. The van der Waals surface area contributed by atoms with Gasteiger partial charge < -0.3 is 35.6 Å². The third-order valence-electron chi connectivity index (χ3n) is 8.27. The summed E-state index contributed by atoms with van der Waals surface area (Å²) >= 11 is 0. The van der Waals surface area contributed by atoms with E-state index in [0.717, 1.165) is 28.6 Å². The molecule has 0 aliphatic carbocycles. The number of benzene rings is 1. The topological polar surface area (TPSA) is 214 Å². The lowest BCUT2D eigenvalue weighted by molar-refractivity contribution is -0.167. The summed E-state index contributed by atoms with van der Waals surface area (Å²) in [6.07, 6.45) is 3.56. The molecule has 2 aromatic rings. The van der Waals surface area contributed by atoms with Crippen molar-refractivity contribution in [2.24, 2.45) is 11.7 Å². The first-order valence-corrected chi connectivity index (χ1v) is 17.1. The second kappa shape index (κ2) is 17.6. The highest BCUT2D eigenvalue weighted by Crippen LogP contribution is 2.25. The molecule has 2 aliphatic heterocycles. The Morgan fingerprint density at radius 2 is 1.84 bits per heavy atom. The lowest BCUT2D eigenvalue weighted by Crippen LogP contribution is -2.60. The van der Waals surface area contributed by atoms with Gasteiger partial charge in [-0.1, -0.05) is 45.0 Å². The number of aliphatic hydroxyl groups excluding tert-OH is 1. The quantitative estimate of drug-likeness (QED) is 0.255. The third-order valence-corrected chi connectivity index (χ3v) is 8.27. The van der Waals surface area contributed by atoms with Crippen LogP contribution in [0, 0.1) is 5.92 Å². The highest BCUT2D eigenvalue weighted by molar-refractivity contribution is 5.89. The molecule has 4 unspecified atom stereocenters. The van der Waals surface area contributed by atoms with E-state index in [1.807, 2.05) is 37.3 Å². The van der Waals surface area contributed by atoms with Gasteiger partial charge in [-0.3, -0.25) is 24.4 Å². The number of amides is 4. The zero-order chi connectivity index (χ0) is 38.1. The predicted octanol–water partition coefficient (Wildman–Crippen LogP) is 2.39. The van der Waals surface area contributed by atoms with Gasteiger partial charge in [-0.2, -0.15) is 0 Å². The third kappa shape index (κ3) is 11.5. The standard InChI is InChI=1S/C23H28N2O5.C13H24N4O4/c1-5-18-9-8-17-7-6-16(14-19(17)24-18)10-11-23(20(26)27)15-25(12-13-29-23)21(28)30-22(2,3)4;1-7(2)10(18)12(20)15-8(3)13(21)17-6-4-5-9(16-17)11(14)19/h6-11,14H,5,12-13,15H2,1-4H3,(H,26,27);7-10,16,18H,4-6H2,1-3H3,(H2,14,19)(H,15,20)/b11-10+;. The number of ether oxygens (including phenoxy) is 2. The smallest absolute Gasteiger partial charge is 0.410 e. The largest absolute Gasteiger partial charge is 0.479 e. The summed E-state index contributed by atoms with van der Waals surface area (Å²) in [6.45, 7) is 13.0. The van der Waals surface area contributed by atoms with E-state index in [1.54, 1.807) is 40.7 Å². The molecular formula is C36H52N6O9. The number of aryl methyl sites for hydroxylation is 1. The van der Waals surface area contributed by atoms with Crippen LogP contribution in [0.1, 0.15) is 72.6 Å². The molecule has 0 radical (unpaired) electrons. The molecule has 6 N–H and O–H groups in total. The van der Waals surface area contributed by atoms with Crippen LogP contribution in [0.3, 0.4) is 0 Å². The lowest BCUT2D eigenvalue weighted by Gasteiger charge is -2.38. The molecule has 1 aromatic heterocycles. The first-order chi connectivity index (χ1) is 23.9. The molecule has 0 bridgehead atoms. The van der Waals surface area contributed by atoms with Crippen molar-refractivity contribution in [1.29, 1.82) is 0 Å². The zero-order valence-corrected chi connectivity index (χ0v) is 30.5. The number of carboxylic acid groups (broad SMARTS) is 1. The summed E-state index contributed by atoms with van der Waals surface area (Å²) in [5.41, 5.74) is 8.33. The van der Waals surface area contributed by atoms with Crippen molar-refractivity contribution < 1.29 is 43.7 Å². The van der Waals surface area contributed by atoms with Crippen LogP contribution >= 0.6 is 0 Å². The maximum absolute atomic E-state index is 12.4. The molecule has 2 saturated heterocycles. The highest BCUT2D eigenvalue weighted by Gasteiger charge is 2.44. The van der Waals surface area contributed by atoms with Gasteiger partial charge in [0.05, 0.1) is 18.7 Å². The Bertz CT molecular complexity index is 1610. The molecule has 2 aliphatic rings. The van der Waals surface area contributed by atoms with Gasteiger partial charge in [0.25, 0.3) is 5.91 Å².